The molecule has 4 saturated carbocycles. The molecule has 0 spiro atoms. The van der Waals surface area contributed by atoms with Gasteiger partial charge in [0, 0.05) is 32.2 Å². The maximum absolute atomic E-state index is 13.0. The molecule has 158 valence electrons. The summed E-state index contributed by atoms with van der Waals surface area (Å²) in [5.41, 5.74) is -0.472. The van der Waals surface area contributed by atoms with Crippen molar-refractivity contribution in [3.05, 3.63) is 24.2 Å². The van der Waals surface area contributed by atoms with E-state index >= 15 is 0 Å². The van der Waals surface area contributed by atoms with Crippen LogP contribution in [0.2, 0.25) is 0 Å². The number of nitrogens with one attached hydrogen (secondary N) is 1. The van der Waals surface area contributed by atoms with Gasteiger partial charge in [-0.2, -0.15) is 0 Å². The van der Waals surface area contributed by atoms with E-state index in [4.69, 9.17) is 4.42 Å². The Bertz CT molecular complexity index is 755. The fourth-order valence-electron chi connectivity index (χ4n) is 6.54. The fourth-order valence-corrected chi connectivity index (χ4v) is 6.54. The molecule has 7 nitrogen and oxygen atoms in total. The van der Waals surface area contributed by atoms with E-state index in [0.29, 0.717) is 49.7 Å². The van der Waals surface area contributed by atoms with E-state index in [0.717, 1.165) is 32.1 Å². The van der Waals surface area contributed by atoms with Crippen LogP contribution in [-0.4, -0.2) is 70.6 Å². The van der Waals surface area contributed by atoms with Gasteiger partial charge in [-0.15, -0.1) is 0 Å². The lowest BCUT2D eigenvalue weighted by Gasteiger charge is -2.58. The number of carbonyl (C=O) groups is 2. The van der Waals surface area contributed by atoms with Gasteiger partial charge in [0.2, 0.25) is 5.91 Å². The van der Waals surface area contributed by atoms with E-state index in [9.17, 15) is 14.7 Å². The molecule has 0 aromatic carbocycles. The van der Waals surface area contributed by atoms with Crippen molar-refractivity contribution in [2.45, 2.75) is 56.7 Å². The molecular formula is C22H31N3O4. The largest absolute Gasteiger partial charge is 0.459 e. The Morgan fingerprint density at radius 1 is 1.17 bits per heavy atom. The average molecular weight is 402 g/mol. The molecule has 2 amide bonds. The van der Waals surface area contributed by atoms with Crippen molar-refractivity contribution in [3.8, 4) is 0 Å². The molecule has 2 heterocycles. The van der Waals surface area contributed by atoms with Crippen molar-refractivity contribution in [3.63, 3.8) is 0 Å². The molecule has 6 atom stereocenters. The third-order valence-corrected chi connectivity index (χ3v) is 7.81. The minimum absolute atomic E-state index is 0.0836. The lowest BCUT2D eigenvalue weighted by molar-refractivity contribution is -0.148. The molecule has 4 aliphatic carbocycles. The van der Waals surface area contributed by atoms with Crippen LogP contribution < -0.4 is 5.32 Å². The normalized spacial score (nSPS) is 37.5. The number of carbonyl (C=O) groups excluding carboxylic acids is 2. The molecule has 4 unspecified atom stereocenters. The number of rotatable bonds is 4. The highest BCUT2D eigenvalue weighted by Gasteiger charge is 2.55. The molecule has 29 heavy (non-hydrogen) atoms. The first kappa shape index (κ1) is 19.1. The molecule has 7 heteroatoms. The van der Waals surface area contributed by atoms with E-state index < -0.39 is 5.60 Å². The Labute approximate surface area is 171 Å². The van der Waals surface area contributed by atoms with Gasteiger partial charge in [0.25, 0.3) is 5.91 Å². The second-order valence-corrected chi connectivity index (χ2v) is 9.71. The standard InChI is InChI=1S/C22H31N3O4/c1-14(24-4-6-25(7-5-24)21(27)18-3-2-8-29-18)20(26)23-19-16-9-15-10-17(19)13-22(28,11-15)12-16/h2-3,8,14-17,19,28H,4-7,9-13H2,1H3,(H,23,26)/t14?,15?,16-,17+,19?,22?. The zero-order valence-electron chi connectivity index (χ0n) is 17.0. The lowest BCUT2D eigenvalue weighted by atomic mass is 9.52. The first-order chi connectivity index (χ1) is 13.9. The lowest BCUT2D eigenvalue weighted by Crippen LogP contribution is -2.63. The van der Waals surface area contributed by atoms with Gasteiger partial charge < -0.3 is 19.7 Å². The summed E-state index contributed by atoms with van der Waals surface area (Å²) >= 11 is 0. The molecular weight excluding hydrogens is 370 g/mol. The van der Waals surface area contributed by atoms with E-state index in [2.05, 4.69) is 10.2 Å². The second-order valence-electron chi connectivity index (χ2n) is 9.71. The molecule has 1 aromatic rings. The van der Waals surface area contributed by atoms with E-state index in [1.165, 1.54) is 6.26 Å². The summed E-state index contributed by atoms with van der Waals surface area (Å²) in [6.07, 6.45) is 6.44. The molecule has 1 aromatic heterocycles. The van der Waals surface area contributed by atoms with Gasteiger partial charge in [-0.05, 0) is 68.9 Å². The van der Waals surface area contributed by atoms with E-state index in [1.54, 1.807) is 17.0 Å². The van der Waals surface area contributed by atoms with Crippen molar-refractivity contribution in [2.75, 3.05) is 26.2 Å². The van der Waals surface area contributed by atoms with Crippen LogP contribution in [0.25, 0.3) is 0 Å². The Balaban J connectivity index is 1.15. The molecule has 6 rings (SSSR count). The maximum atomic E-state index is 13.0. The van der Waals surface area contributed by atoms with Gasteiger partial charge in [-0.3, -0.25) is 14.5 Å². The summed E-state index contributed by atoms with van der Waals surface area (Å²) in [5.74, 6) is 1.85. The summed E-state index contributed by atoms with van der Waals surface area (Å²) in [6, 6.07) is 3.41. The Kier molecular flexibility index (Phi) is 4.70. The monoisotopic (exact) mass is 401 g/mol. The van der Waals surface area contributed by atoms with E-state index in [-0.39, 0.29) is 23.9 Å². The highest BCUT2D eigenvalue weighted by Crippen LogP contribution is 2.55. The van der Waals surface area contributed by atoms with Crippen LogP contribution in [0.1, 0.15) is 49.6 Å². The van der Waals surface area contributed by atoms with Crippen molar-refractivity contribution in [1.29, 1.82) is 0 Å². The van der Waals surface area contributed by atoms with Crippen LogP contribution in [0.15, 0.2) is 22.8 Å². The number of piperazine rings is 1. The number of hydrogen-bond donors (Lipinski definition) is 2. The van der Waals surface area contributed by atoms with Crippen LogP contribution in [0.3, 0.4) is 0 Å². The van der Waals surface area contributed by atoms with Crippen LogP contribution >= 0.6 is 0 Å². The van der Waals surface area contributed by atoms with Crippen molar-refractivity contribution in [1.82, 2.24) is 15.1 Å². The zero-order chi connectivity index (χ0) is 20.2. The molecule has 2 N–H and O–H groups in total. The van der Waals surface area contributed by atoms with E-state index in [1.807, 2.05) is 6.92 Å². The van der Waals surface area contributed by atoms with Gasteiger partial charge in [-0.1, -0.05) is 0 Å². The minimum Gasteiger partial charge on any atom is -0.459 e. The zero-order valence-corrected chi connectivity index (χ0v) is 17.0. The number of aliphatic hydroxyl groups is 1. The first-order valence-corrected chi connectivity index (χ1v) is 11.0. The van der Waals surface area contributed by atoms with Crippen LogP contribution in [-0.2, 0) is 4.79 Å². The molecule has 5 fully saturated rings. The van der Waals surface area contributed by atoms with Crippen LogP contribution in [0.4, 0.5) is 0 Å². The predicted octanol–water partition coefficient (Wildman–Crippen LogP) is 1.48. The summed E-state index contributed by atoms with van der Waals surface area (Å²) in [7, 11) is 0. The first-order valence-electron chi connectivity index (χ1n) is 11.0. The maximum Gasteiger partial charge on any atom is 0.289 e. The minimum atomic E-state index is -0.472. The summed E-state index contributed by atoms with van der Waals surface area (Å²) in [5, 5.41) is 14.1. The summed E-state index contributed by atoms with van der Waals surface area (Å²) in [4.78, 5) is 29.4. The fraction of sp³-hybridized carbons (Fsp3) is 0.727. The molecule has 5 aliphatic rings. The van der Waals surface area contributed by atoms with Gasteiger partial charge in [-0.25, -0.2) is 0 Å². The van der Waals surface area contributed by atoms with Gasteiger partial charge in [0.05, 0.1) is 17.9 Å². The summed E-state index contributed by atoms with van der Waals surface area (Å²) < 4.78 is 5.21. The second kappa shape index (κ2) is 7.13. The third kappa shape index (κ3) is 3.48. The van der Waals surface area contributed by atoms with Crippen molar-refractivity contribution < 1.29 is 19.1 Å². The van der Waals surface area contributed by atoms with Gasteiger partial charge in [0.15, 0.2) is 5.76 Å². The SMILES string of the molecule is CC(C(=O)NC1[C@@H]2CC3C[C@H]1CC(O)(C3)C2)N1CCN(C(=O)c2ccco2)CC1. The Morgan fingerprint density at radius 3 is 2.45 bits per heavy atom. The van der Waals surface area contributed by atoms with Gasteiger partial charge >= 0.3 is 0 Å². The van der Waals surface area contributed by atoms with Crippen molar-refractivity contribution in [2.24, 2.45) is 17.8 Å². The highest BCUT2D eigenvalue weighted by atomic mass is 16.3. The van der Waals surface area contributed by atoms with Gasteiger partial charge in [0.1, 0.15) is 0 Å². The molecule has 0 radical (unpaired) electrons. The number of nitrogens with zero attached hydrogens (tertiary/aromatic N) is 2. The number of amides is 2. The molecule has 1 saturated heterocycles. The van der Waals surface area contributed by atoms with Crippen LogP contribution in [0.5, 0.6) is 0 Å². The topological polar surface area (TPSA) is 86.0 Å². The predicted molar refractivity (Wildman–Crippen MR) is 106 cm³/mol. The smallest absolute Gasteiger partial charge is 0.289 e. The number of hydrogen-bond acceptors (Lipinski definition) is 5. The quantitative estimate of drug-likeness (QED) is 0.798. The Morgan fingerprint density at radius 2 is 1.86 bits per heavy atom. The number of furan rings is 1. The summed E-state index contributed by atoms with van der Waals surface area (Å²) in [6.45, 7) is 4.52. The third-order valence-electron chi connectivity index (χ3n) is 7.81. The molecule has 4 bridgehead atoms. The highest BCUT2D eigenvalue weighted by molar-refractivity contribution is 5.91. The Hall–Kier alpha value is -1.86. The molecule has 1 aliphatic heterocycles. The van der Waals surface area contributed by atoms with Crippen LogP contribution in [0, 0.1) is 17.8 Å². The average Bonchev–Trinajstić information content (AvgIpc) is 3.23. The van der Waals surface area contributed by atoms with Crippen molar-refractivity contribution >= 4 is 11.8 Å².